The van der Waals surface area contributed by atoms with Crippen LogP contribution in [0.1, 0.15) is 55.4 Å². The molecule has 3 rings (SSSR count). The van der Waals surface area contributed by atoms with Gasteiger partial charge >= 0.3 is 6.03 Å². The largest absolute Gasteiger partial charge is 0.459 e. The molecule has 7 heteroatoms. The second kappa shape index (κ2) is 10.5. The first-order valence-electron chi connectivity index (χ1n) is 11.3. The van der Waals surface area contributed by atoms with Gasteiger partial charge in [0.15, 0.2) is 5.76 Å². The van der Waals surface area contributed by atoms with Gasteiger partial charge < -0.3 is 24.9 Å². The predicted molar refractivity (Wildman–Crippen MR) is 136 cm³/mol. The maximum absolute atomic E-state index is 13.4. The molecule has 0 bridgehead atoms. The Bertz CT molecular complexity index is 1100. The standard InChI is InChI=1S/C27H34N4O3/c1-19(20-11-8-7-9-12-20)31(26(33)29-27(2,3)4)18-21-17-22(14-15-23(21)30(5)6)28-25(32)24-13-10-16-34-24/h7-17,19H,18H2,1-6H3,(H,28,32)(H,29,33). The van der Waals surface area contributed by atoms with E-state index in [4.69, 9.17) is 4.42 Å². The minimum absolute atomic E-state index is 0.154. The highest BCUT2D eigenvalue weighted by atomic mass is 16.3. The van der Waals surface area contributed by atoms with Crippen molar-refractivity contribution in [1.82, 2.24) is 10.2 Å². The van der Waals surface area contributed by atoms with Crippen molar-refractivity contribution in [3.05, 3.63) is 83.8 Å². The number of rotatable bonds is 7. The molecule has 0 aliphatic carbocycles. The molecule has 0 saturated carbocycles. The van der Waals surface area contributed by atoms with E-state index in [1.54, 1.807) is 12.1 Å². The van der Waals surface area contributed by atoms with E-state index in [1.807, 2.05) is 100 Å². The van der Waals surface area contributed by atoms with Gasteiger partial charge in [-0.15, -0.1) is 0 Å². The normalized spacial score (nSPS) is 12.1. The molecule has 180 valence electrons. The van der Waals surface area contributed by atoms with E-state index in [1.165, 1.54) is 6.26 Å². The Morgan fingerprint density at radius 3 is 2.29 bits per heavy atom. The van der Waals surface area contributed by atoms with Gasteiger partial charge in [0.2, 0.25) is 0 Å². The van der Waals surface area contributed by atoms with Gasteiger partial charge in [0.1, 0.15) is 0 Å². The molecule has 1 unspecified atom stereocenters. The van der Waals surface area contributed by atoms with Crippen LogP contribution in [0, 0.1) is 0 Å². The van der Waals surface area contributed by atoms with Gasteiger partial charge in [0.25, 0.3) is 5.91 Å². The average Bonchev–Trinajstić information content (AvgIpc) is 3.31. The number of furan rings is 1. The highest BCUT2D eigenvalue weighted by molar-refractivity contribution is 6.02. The molecule has 7 nitrogen and oxygen atoms in total. The maximum atomic E-state index is 13.4. The SMILES string of the molecule is CC(c1ccccc1)N(Cc1cc(NC(=O)c2ccco2)ccc1N(C)C)C(=O)NC(C)(C)C. The van der Waals surface area contributed by atoms with Crippen molar-refractivity contribution >= 4 is 23.3 Å². The summed E-state index contributed by atoms with van der Waals surface area (Å²) in [6.07, 6.45) is 1.46. The molecule has 0 aliphatic rings. The van der Waals surface area contributed by atoms with Crippen LogP contribution in [0.2, 0.25) is 0 Å². The lowest BCUT2D eigenvalue weighted by Crippen LogP contribution is -2.49. The third-order valence-electron chi connectivity index (χ3n) is 5.40. The molecule has 0 saturated heterocycles. The van der Waals surface area contributed by atoms with Crippen LogP contribution in [0.4, 0.5) is 16.2 Å². The number of nitrogens with zero attached hydrogens (tertiary/aromatic N) is 2. The van der Waals surface area contributed by atoms with E-state index in [0.717, 1.165) is 16.8 Å². The molecule has 2 N–H and O–H groups in total. The van der Waals surface area contributed by atoms with E-state index in [9.17, 15) is 9.59 Å². The molecule has 1 heterocycles. The molecule has 0 fully saturated rings. The fourth-order valence-electron chi connectivity index (χ4n) is 3.70. The lowest BCUT2D eigenvalue weighted by atomic mass is 10.0. The first kappa shape index (κ1) is 24.9. The number of carbonyl (C=O) groups is 2. The summed E-state index contributed by atoms with van der Waals surface area (Å²) < 4.78 is 5.20. The van der Waals surface area contributed by atoms with Gasteiger partial charge in [-0.3, -0.25) is 4.79 Å². The third-order valence-corrected chi connectivity index (χ3v) is 5.40. The number of carbonyl (C=O) groups excluding carboxylic acids is 2. The highest BCUT2D eigenvalue weighted by Crippen LogP contribution is 2.29. The van der Waals surface area contributed by atoms with Gasteiger partial charge in [0, 0.05) is 31.0 Å². The van der Waals surface area contributed by atoms with E-state index >= 15 is 0 Å². The first-order chi connectivity index (χ1) is 16.0. The lowest BCUT2D eigenvalue weighted by molar-refractivity contribution is 0.0996. The molecule has 1 aromatic heterocycles. The molecule has 0 radical (unpaired) electrons. The summed E-state index contributed by atoms with van der Waals surface area (Å²) in [5, 5.41) is 5.98. The molecular formula is C27H34N4O3. The van der Waals surface area contributed by atoms with Gasteiger partial charge in [-0.25, -0.2) is 4.79 Å². The summed E-state index contributed by atoms with van der Waals surface area (Å²) in [4.78, 5) is 29.7. The molecule has 0 aliphatic heterocycles. The Kier molecular flexibility index (Phi) is 7.66. The Balaban J connectivity index is 1.95. The van der Waals surface area contributed by atoms with E-state index in [-0.39, 0.29) is 29.3 Å². The quantitative estimate of drug-likeness (QED) is 0.474. The number of anilines is 2. The van der Waals surface area contributed by atoms with Crippen LogP contribution in [0.5, 0.6) is 0 Å². The number of nitrogens with one attached hydrogen (secondary N) is 2. The Hall–Kier alpha value is -3.74. The van der Waals surface area contributed by atoms with Crippen LogP contribution in [-0.4, -0.2) is 36.5 Å². The molecule has 3 amide bonds. The number of benzene rings is 2. The van der Waals surface area contributed by atoms with Crippen molar-refractivity contribution in [2.24, 2.45) is 0 Å². The molecule has 3 aromatic rings. The van der Waals surface area contributed by atoms with Crippen LogP contribution in [0.15, 0.2) is 71.3 Å². The van der Waals surface area contributed by atoms with Crippen LogP contribution < -0.4 is 15.5 Å². The zero-order valence-corrected chi connectivity index (χ0v) is 20.8. The van der Waals surface area contributed by atoms with E-state index in [2.05, 4.69) is 10.6 Å². The molecule has 1 atom stereocenters. The van der Waals surface area contributed by atoms with Crippen molar-refractivity contribution in [3.63, 3.8) is 0 Å². The van der Waals surface area contributed by atoms with Crippen LogP contribution >= 0.6 is 0 Å². The highest BCUT2D eigenvalue weighted by Gasteiger charge is 2.26. The van der Waals surface area contributed by atoms with Gasteiger partial charge in [-0.05, 0) is 69.2 Å². The summed E-state index contributed by atoms with van der Waals surface area (Å²) in [6, 6.07) is 18.6. The monoisotopic (exact) mass is 462 g/mol. The Morgan fingerprint density at radius 2 is 1.71 bits per heavy atom. The fraction of sp³-hybridized carbons (Fsp3) is 0.333. The zero-order valence-electron chi connectivity index (χ0n) is 20.8. The van der Waals surface area contributed by atoms with Crippen molar-refractivity contribution in [2.75, 3.05) is 24.3 Å². The number of urea groups is 1. The minimum atomic E-state index is -0.380. The Morgan fingerprint density at radius 1 is 1.00 bits per heavy atom. The summed E-state index contributed by atoms with van der Waals surface area (Å²) in [5.74, 6) is -0.0874. The number of hydrogen-bond donors (Lipinski definition) is 2. The van der Waals surface area contributed by atoms with E-state index < -0.39 is 0 Å². The molecule has 0 spiro atoms. The second-order valence-corrected chi connectivity index (χ2v) is 9.56. The molecular weight excluding hydrogens is 428 g/mol. The summed E-state index contributed by atoms with van der Waals surface area (Å²) >= 11 is 0. The third kappa shape index (κ3) is 6.41. The van der Waals surface area contributed by atoms with Crippen LogP contribution in [0.3, 0.4) is 0 Å². The van der Waals surface area contributed by atoms with Crippen LogP contribution in [-0.2, 0) is 6.54 Å². The lowest BCUT2D eigenvalue weighted by Gasteiger charge is -2.34. The predicted octanol–water partition coefficient (Wildman–Crippen LogP) is 5.67. The summed E-state index contributed by atoms with van der Waals surface area (Å²) in [6.45, 7) is 8.27. The zero-order chi connectivity index (χ0) is 24.9. The fourth-order valence-corrected chi connectivity index (χ4v) is 3.70. The average molecular weight is 463 g/mol. The van der Waals surface area contributed by atoms with Crippen LogP contribution in [0.25, 0.3) is 0 Å². The molecule has 34 heavy (non-hydrogen) atoms. The van der Waals surface area contributed by atoms with Gasteiger partial charge in [-0.1, -0.05) is 30.3 Å². The maximum Gasteiger partial charge on any atom is 0.318 e. The number of amides is 3. The van der Waals surface area contributed by atoms with Gasteiger partial charge in [0.05, 0.1) is 18.8 Å². The van der Waals surface area contributed by atoms with E-state index in [0.29, 0.717) is 12.2 Å². The first-order valence-corrected chi connectivity index (χ1v) is 11.3. The summed E-state index contributed by atoms with van der Waals surface area (Å²) in [7, 11) is 3.92. The Labute approximate surface area is 201 Å². The van der Waals surface area contributed by atoms with Gasteiger partial charge in [-0.2, -0.15) is 0 Å². The van der Waals surface area contributed by atoms with Crippen molar-refractivity contribution in [1.29, 1.82) is 0 Å². The second-order valence-electron chi connectivity index (χ2n) is 9.56. The molecule has 2 aromatic carbocycles. The summed E-state index contributed by atoms with van der Waals surface area (Å²) in [5.41, 5.74) is 3.17. The smallest absolute Gasteiger partial charge is 0.318 e. The number of hydrogen-bond acceptors (Lipinski definition) is 4. The van der Waals surface area contributed by atoms with Crippen molar-refractivity contribution < 1.29 is 14.0 Å². The van der Waals surface area contributed by atoms with Crippen molar-refractivity contribution in [3.8, 4) is 0 Å². The topological polar surface area (TPSA) is 77.8 Å². The minimum Gasteiger partial charge on any atom is -0.459 e. The van der Waals surface area contributed by atoms with Crippen molar-refractivity contribution in [2.45, 2.75) is 45.8 Å².